The summed E-state index contributed by atoms with van der Waals surface area (Å²) in [5, 5.41) is 0. The maximum absolute atomic E-state index is 6.66. The third kappa shape index (κ3) is 4.45. The summed E-state index contributed by atoms with van der Waals surface area (Å²) in [6.07, 6.45) is 12.9. The number of fused-ring (bicyclic) bond motifs is 1. The van der Waals surface area contributed by atoms with Gasteiger partial charge in [-0.1, -0.05) is 72.3 Å². The molecule has 136 valence electrons. The standard InChI is InChI=1S/C25H30O/c1-3-9-20(10-4-1)15-17-23-19-22-13-7-8-14-24(22)25(26-23)18-16-21-11-5-2-6-12-21/h1-6,9-13,23-25H,7-8,14-19H2/t23-,24-,25+/m1/s1. The molecule has 4 rings (SSSR count). The zero-order valence-electron chi connectivity index (χ0n) is 15.6. The van der Waals surface area contributed by atoms with E-state index in [0.29, 0.717) is 18.1 Å². The Morgan fingerprint density at radius 2 is 1.46 bits per heavy atom. The number of hydrogen-bond acceptors (Lipinski definition) is 1. The van der Waals surface area contributed by atoms with Crippen LogP contribution in [0.15, 0.2) is 72.3 Å². The molecule has 3 atom stereocenters. The molecule has 0 saturated carbocycles. The minimum Gasteiger partial charge on any atom is -0.374 e. The topological polar surface area (TPSA) is 9.23 Å². The summed E-state index contributed by atoms with van der Waals surface area (Å²) in [4.78, 5) is 0. The zero-order chi connectivity index (χ0) is 17.6. The minimum atomic E-state index is 0.386. The molecule has 1 nitrogen and oxygen atoms in total. The molecule has 0 N–H and O–H groups in total. The molecular formula is C25H30O. The predicted octanol–water partition coefficient (Wildman–Crippen LogP) is 6.14. The highest BCUT2D eigenvalue weighted by Crippen LogP contribution is 2.39. The van der Waals surface area contributed by atoms with Gasteiger partial charge in [0.15, 0.2) is 0 Å². The Labute approximate surface area is 158 Å². The highest BCUT2D eigenvalue weighted by molar-refractivity contribution is 5.19. The van der Waals surface area contributed by atoms with Crippen molar-refractivity contribution in [3.05, 3.63) is 83.4 Å². The SMILES string of the molecule is C1=C2C[C@@H](CCc3ccccc3)O[C@@H](CCc3ccccc3)[C@@H]2CCC1. The van der Waals surface area contributed by atoms with Gasteiger partial charge in [-0.05, 0) is 62.5 Å². The van der Waals surface area contributed by atoms with E-state index in [0.717, 1.165) is 32.1 Å². The largest absolute Gasteiger partial charge is 0.374 e. The fourth-order valence-corrected chi connectivity index (χ4v) is 4.64. The lowest BCUT2D eigenvalue weighted by atomic mass is 9.77. The second-order valence-corrected chi connectivity index (χ2v) is 7.87. The number of hydrogen-bond donors (Lipinski definition) is 0. The average Bonchev–Trinajstić information content (AvgIpc) is 2.72. The van der Waals surface area contributed by atoms with Crippen LogP contribution in [-0.4, -0.2) is 12.2 Å². The fourth-order valence-electron chi connectivity index (χ4n) is 4.64. The molecule has 1 heteroatoms. The number of ether oxygens (including phenoxy) is 1. The van der Waals surface area contributed by atoms with Crippen LogP contribution in [0.5, 0.6) is 0 Å². The first kappa shape index (κ1) is 17.5. The Balaban J connectivity index is 1.40. The quantitative estimate of drug-likeness (QED) is 0.571. The van der Waals surface area contributed by atoms with E-state index >= 15 is 0 Å². The first-order chi connectivity index (χ1) is 12.9. The van der Waals surface area contributed by atoms with Crippen molar-refractivity contribution < 1.29 is 4.74 Å². The van der Waals surface area contributed by atoms with Crippen LogP contribution in [0, 0.1) is 5.92 Å². The van der Waals surface area contributed by atoms with Gasteiger partial charge in [0.05, 0.1) is 12.2 Å². The van der Waals surface area contributed by atoms with E-state index in [1.54, 1.807) is 5.57 Å². The van der Waals surface area contributed by atoms with Gasteiger partial charge in [0.2, 0.25) is 0 Å². The van der Waals surface area contributed by atoms with Crippen molar-refractivity contribution in [2.45, 2.75) is 63.6 Å². The molecule has 2 aliphatic rings. The maximum atomic E-state index is 6.66. The Kier molecular flexibility index (Phi) is 5.86. The van der Waals surface area contributed by atoms with E-state index in [1.165, 1.54) is 30.4 Å². The van der Waals surface area contributed by atoms with Crippen LogP contribution in [0.3, 0.4) is 0 Å². The third-order valence-corrected chi connectivity index (χ3v) is 6.04. The summed E-state index contributed by atoms with van der Waals surface area (Å²) < 4.78 is 6.66. The van der Waals surface area contributed by atoms with Crippen LogP contribution in [-0.2, 0) is 17.6 Å². The molecule has 1 heterocycles. The molecule has 0 unspecified atom stereocenters. The highest BCUT2D eigenvalue weighted by atomic mass is 16.5. The van der Waals surface area contributed by atoms with Gasteiger partial charge in [0.25, 0.3) is 0 Å². The van der Waals surface area contributed by atoms with E-state index in [1.807, 2.05) is 0 Å². The lowest BCUT2D eigenvalue weighted by molar-refractivity contribution is -0.0694. The molecule has 26 heavy (non-hydrogen) atoms. The summed E-state index contributed by atoms with van der Waals surface area (Å²) in [6, 6.07) is 21.7. The first-order valence-corrected chi connectivity index (χ1v) is 10.3. The molecule has 1 fully saturated rings. The Hall–Kier alpha value is -1.86. The second-order valence-electron chi connectivity index (χ2n) is 7.87. The van der Waals surface area contributed by atoms with Crippen LogP contribution in [0.1, 0.15) is 49.7 Å². The lowest BCUT2D eigenvalue weighted by Crippen LogP contribution is -2.38. The van der Waals surface area contributed by atoms with Crippen molar-refractivity contribution in [3.8, 4) is 0 Å². The van der Waals surface area contributed by atoms with Gasteiger partial charge in [0, 0.05) is 5.92 Å². The second kappa shape index (κ2) is 8.68. The molecule has 0 radical (unpaired) electrons. The van der Waals surface area contributed by atoms with Crippen LogP contribution in [0.25, 0.3) is 0 Å². The molecule has 2 aromatic rings. The number of aryl methyl sites for hydroxylation is 2. The number of allylic oxidation sites excluding steroid dienone is 1. The highest BCUT2D eigenvalue weighted by Gasteiger charge is 2.35. The van der Waals surface area contributed by atoms with Gasteiger partial charge >= 0.3 is 0 Å². The van der Waals surface area contributed by atoms with Crippen molar-refractivity contribution in [1.29, 1.82) is 0 Å². The Morgan fingerprint density at radius 1 is 0.808 bits per heavy atom. The minimum absolute atomic E-state index is 0.386. The lowest BCUT2D eigenvalue weighted by Gasteiger charge is -2.41. The van der Waals surface area contributed by atoms with Gasteiger partial charge in [0.1, 0.15) is 0 Å². The zero-order valence-corrected chi connectivity index (χ0v) is 15.6. The molecule has 0 aromatic heterocycles. The Morgan fingerprint density at radius 3 is 2.15 bits per heavy atom. The van der Waals surface area contributed by atoms with Crippen LogP contribution in [0.2, 0.25) is 0 Å². The van der Waals surface area contributed by atoms with Crippen molar-refractivity contribution in [1.82, 2.24) is 0 Å². The van der Waals surface area contributed by atoms with Crippen molar-refractivity contribution >= 4 is 0 Å². The van der Waals surface area contributed by atoms with Gasteiger partial charge < -0.3 is 4.74 Å². The monoisotopic (exact) mass is 346 g/mol. The normalized spacial score (nSPS) is 25.4. The summed E-state index contributed by atoms with van der Waals surface area (Å²) in [7, 11) is 0. The van der Waals surface area contributed by atoms with Gasteiger partial charge in [-0.15, -0.1) is 0 Å². The third-order valence-electron chi connectivity index (χ3n) is 6.04. The predicted molar refractivity (Wildman–Crippen MR) is 108 cm³/mol. The van der Waals surface area contributed by atoms with E-state index in [4.69, 9.17) is 4.74 Å². The van der Waals surface area contributed by atoms with E-state index in [2.05, 4.69) is 66.7 Å². The molecule has 2 aromatic carbocycles. The van der Waals surface area contributed by atoms with E-state index in [9.17, 15) is 0 Å². The van der Waals surface area contributed by atoms with Gasteiger partial charge in [-0.2, -0.15) is 0 Å². The van der Waals surface area contributed by atoms with Gasteiger partial charge in [-0.3, -0.25) is 0 Å². The fraction of sp³-hybridized carbons (Fsp3) is 0.440. The first-order valence-electron chi connectivity index (χ1n) is 10.3. The molecule has 1 saturated heterocycles. The molecule has 0 spiro atoms. The van der Waals surface area contributed by atoms with E-state index < -0.39 is 0 Å². The van der Waals surface area contributed by atoms with Gasteiger partial charge in [-0.25, -0.2) is 0 Å². The molecule has 1 aliphatic carbocycles. The van der Waals surface area contributed by atoms with Crippen molar-refractivity contribution in [2.24, 2.45) is 5.92 Å². The molecule has 1 aliphatic heterocycles. The van der Waals surface area contributed by atoms with Crippen LogP contribution in [0.4, 0.5) is 0 Å². The van der Waals surface area contributed by atoms with Crippen LogP contribution >= 0.6 is 0 Å². The summed E-state index contributed by atoms with van der Waals surface area (Å²) in [6.45, 7) is 0. The average molecular weight is 347 g/mol. The molecule has 0 bridgehead atoms. The van der Waals surface area contributed by atoms with Crippen molar-refractivity contribution in [2.75, 3.05) is 0 Å². The molecule has 0 amide bonds. The summed E-state index contributed by atoms with van der Waals surface area (Å²) in [5.74, 6) is 0.667. The maximum Gasteiger partial charge on any atom is 0.0647 e. The number of benzene rings is 2. The molecular weight excluding hydrogens is 316 g/mol. The summed E-state index contributed by atoms with van der Waals surface area (Å²) >= 11 is 0. The smallest absolute Gasteiger partial charge is 0.0647 e. The van der Waals surface area contributed by atoms with E-state index in [-0.39, 0.29) is 0 Å². The summed E-state index contributed by atoms with van der Waals surface area (Å²) in [5.41, 5.74) is 4.55. The Bertz CT molecular complexity index is 703. The number of rotatable bonds is 6. The van der Waals surface area contributed by atoms with Crippen LogP contribution < -0.4 is 0 Å². The van der Waals surface area contributed by atoms with Crippen molar-refractivity contribution in [3.63, 3.8) is 0 Å².